The van der Waals surface area contributed by atoms with Crippen LogP contribution in [0.15, 0.2) is 47.8 Å². The first-order valence-corrected chi connectivity index (χ1v) is 10.0. The van der Waals surface area contributed by atoms with E-state index in [4.69, 9.17) is 21.1 Å². The minimum absolute atomic E-state index is 0.0764. The van der Waals surface area contributed by atoms with Gasteiger partial charge >= 0.3 is 0 Å². The number of hydrogen-bond acceptors (Lipinski definition) is 5. The lowest BCUT2D eigenvalue weighted by Gasteiger charge is -2.13. The van der Waals surface area contributed by atoms with E-state index in [0.717, 1.165) is 22.6 Å². The second-order valence-corrected chi connectivity index (χ2v) is 7.68. The summed E-state index contributed by atoms with van der Waals surface area (Å²) in [5.41, 5.74) is 2.66. The molecule has 0 fully saturated rings. The van der Waals surface area contributed by atoms with E-state index in [1.807, 2.05) is 35.7 Å². The molecular formula is C21H21ClN2O3S. The van der Waals surface area contributed by atoms with Crippen molar-refractivity contribution in [3.05, 3.63) is 58.4 Å². The van der Waals surface area contributed by atoms with E-state index in [9.17, 15) is 4.79 Å². The number of amides is 1. The van der Waals surface area contributed by atoms with Gasteiger partial charge in [0.1, 0.15) is 11.5 Å². The van der Waals surface area contributed by atoms with Crippen LogP contribution in [0.1, 0.15) is 25.3 Å². The van der Waals surface area contributed by atoms with Gasteiger partial charge < -0.3 is 9.47 Å². The number of benzene rings is 2. The molecule has 0 unspecified atom stereocenters. The van der Waals surface area contributed by atoms with Gasteiger partial charge in [0, 0.05) is 10.9 Å². The molecule has 7 heteroatoms. The Morgan fingerprint density at radius 2 is 2.00 bits per heavy atom. The lowest BCUT2D eigenvalue weighted by molar-refractivity contribution is -0.118. The average Bonchev–Trinajstić information content (AvgIpc) is 3.15. The number of carbonyl (C=O) groups excluding carboxylic acids is 1. The number of carbonyl (C=O) groups is 1. The molecule has 0 atom stereocenters. The fraction of sp³-hybridized carbons (Fsp3) is 0.238. The van der Waals surface area contributed by atoms with Crippen molar-refractivity contribution in [2.75, 3.05) is 19.0 Å². The summed E-state index contributed by atoms with van der Waals surface area (Å²) in [5.74, 6) is 1.39. The molecule has 28 heavy (non-hydrogen) atoms. The van der Waals surface area contributed by atoms with Gasteiger partial charge in [-0.3, -0.25) is 10.1 Å². The van der Waals surface area contributed by atoms with Gasteiger partial charge in [0.2, 0.25) is 0 Å². The zero-order valence-corrected chi connectivity index (χ0v) is 17.4. The van der Waals surface area contributed by atoms with Crippen molar-refractivity contribution in [2.45, 2.75) is 19.8 Å². The molecule has 5 nitrogen and oxygen atoms in total. The van der Waals surface area contributed by atoms with Crippen LogP contribution in [0.5, 0.6) is 11.5 Å². The number of rotatable bonds is 7. The fourth-order valence-corrected chi connectivity index (χ4v) is 3.67. The Labute approximate surface area is 173 Å². The summed E-state index contributed by atoms with van der Waals surface area (Å²) in [6, 6.07) is 13.2. The third-order valence-electron chi connectivity index (χ3n) is 4.10. The molecule has 2 aromatic carbocycles. The van der Waals surface area contributed by atoms with E-state index in [-0.39, 0.29) is 12.5 Å². The van der Waals surface area contributed by atoms with Crippen molar-refractivity contribution in [3.8, 4) is 22.8 Å². The van der Waals surface area contributed by atoms with Crippen molar-refractivity contribution in [2.24, 2.45) is 0 Å². The molecule has 3 rings (SSSR count). The van der Waals surface area contributed by atoms with Gasteiger partial charge in [0.25, 0.3) is 5.91 Å². The van der Waals surface area contributed by atoms with Gasteiger partial charge in [-0.15, -0.1) is 11.3 Å². The summed E-state index contributed by atoms with van der Waals surface area (Å²) in [7, 11) is 1.57. The van der Waals surface area contributed by atoms with E-state index in [1.54, 1.807) is 19.2 Å². The Kier molecular flexibility index (Phi) is 6.54. The van der Waals surface area contributed by atoms with E-state index in [0.29, 0.717) is 21.8 Å². The summed E-state index contributed by atoms with van der Waals surface area (Å²) in [5, 5.41) is 5.65. The largest absolute Gasteiger partial charge is 0.495 e. The van der Waals surface area contributed by atoms with Crippen LogP contribution in [0.25, 0.3) is 11.3 Å². The van der Waals surface area contributed by atoms with Crippen LogP contribution in [0.3, 0.4) is 0 Å². The maximum atomic E-state index is 12.2. The van der Waals surface area contributed by atoms with Crippen molar-refractivity contribution in [1.82, 2.24) is 4.98 Å². The van der Waals surface area contributed by atoms with Crippen LogP contribution in [0.2, 0.25) is 5.02 Å². The lowest BCUT2D eigenvalue weighted by atomic mass is 10.0. The Balaban J connectivity index is 1.62. The monoisotopic (exact) mass is 416 g/mol. The van der Waals surface area contributed by atoms with Crippen LogP contribution in [-0.4, -0.2) is 24.6 Å². The third kappa shape index (κ3) is 4.82. The molecule has 0 saturated heterocycles. The lowest BCUT2D eigenvalue weighted by Crippen LogP contribution is -2.20. The number of anilines is 1. The topological polar surface area (TPSA) is 60.5 Å². The minimum Gasteiger partial charge on any atom is -0.495 e. The molecule has 0 saturated carbocycles. The highest BCUT2D eigenvalue weighted by molar-refractivity contribution is 7.14. The maximum Gasteiger partial charge on any atom is 0.264 e. The molecule has 1 amide bonds. The molecule has 0 aliphatic carbocycles. The Morgan fingerprint density at radius 3 is 2.71 bits per heavy atom. The normalized spacial score (nSPS) is 10.8. The molecule has 1 aromatic heterocycles. The van der Waals surface area contributed by atoms with Gasteiger partial charge in [0.15, 0.2) is 11.7 Å². The highest BCUT2D eigenvalue weighted by atomic mass is 35.5. The van der Waals surface area contributed by atoms with Crippen molar-refractivity contribution in [1.29, 1.82) is 0 Å². The highest BCUT2D eigenvalue weighted by Gasteiger charge is 2.12. The van der Waals surface area contributed by atoms with Gasteiger partial charge in [-0.05, 0) is 35.7 Å². The SMILES string of the molecule is COc1ccc(-c2csc(NC(=O)COc3ccccc3C(C)C)n2)cc1Cl. The van der Waals surface area contributed by atoms with Crippen LogP contribution in [0.4, 0.5) is 5.13 Å². The fourth-order valence-electron chi connectivity index (χ4n) is 2.68. The first-order valence-electron chi connectivity index (χ1n) is 8.79. The number of nitrogens with one attached hydrogen (secondary N) is 1. The predicted molar refractivity (Wildman–Crippen MR) is 114 cm³/mol. The number of thiazole rings is 1. The number of halogens is 1. The number of hydrogen-bond donors (Lipinski definition) is 1. The molecule has 0 radical (unpaired) electrons. The Morgan fingerprint density at radius 1 is 1.21 bits per heavy atom. The van der Waals surface area contributed by atoms with Crippen molar-refractivity contribution in [3.63, 3.8) is 0 Å². The minimum atomic E-state index is -0.257. The molecule has 0 aliphatic rings. The molecule has 146 valence electrons. The molecule has 1 N–H and O–H groups in total. The van der Waals surface area contributed by atoms with Gasteiger partial charge in [-0.1, -0.05) is 43.6 Å². The van der Waals surface area contributed by atoms with E-state index >= 15 is 0 Å². The second-order valence-electron chi connectivity index (χ2n) is 6.42. The number of methoxy groups -OCH3 is 1. The molecule has 0 aliphatic heterocycles. The van der Waals surface area contributed by atoms with Crippen molar-refractivity contribution < 1.29 is 14.3 Å². The zero-order valence-electron chi connectivity index (χ0n) is 15.9. The average molecular weight is 417 g/mol. The third-order valence-corrected chi connectivity index (χ3v) is 5.15. The molecular weight excluding hydrogens is 396 g/mol. The first kappa shape index (κ1) is 20.2. The summed E-state index contributed by atoms with van der Waals surface area (Å²) in [4.78, 5) is 16.7. The van der Waals surface area contributed by atoms with Gasteiger partial charge in [-0.2, -0.15) is 0 Å². The van der Waals surface area contributed by atoms with Crippen LogP contribution in [-0.2, 0) is 4.79 Å². The highest BCUT2D eigenvalue weighted by Crippen LogP contribution is 2.32. The molecule has 1 heterocycles. The molecule has 0 bridgehead atoms. The first-order chi connectivity index (χ1) is 13.5. The summed E-state index contributed by atoms with van der Waals surface area (Å²) in [6.07, 6.45) is 0. The van der Waals surface area contributed by atoms with E-state index in [2.05, 4.69) is 24.1 Å². The maximum absolute atomic E-state index is 12.2. The second kappa shape index (κ2) is 9.08. The number of ether oxygens (including phenoxy) is 2. The molecule has 0 spiro atoms. The Bertz CT molecular complexity index is 972. The summed E-state index contributed by atoms with van der Waals surface area (Å²) >= 11 is 7.51. The standard InChI is InChI=1S/C21H21ClN2O3S/c1-13(2)15-6-4-5-7-18(15)27-11-20(25)24-21-23-17(12-28-21)14-8-9-19(26-3)16(22)10-14/h4-10,12-13H,11H2,1-3H3,(H,23,24,25). The zero-order chi connectivity index (χ0) is 20.1. The predicted octanol–water partition coefficient (Wildman–Crippen LogP) is 5.61. The smallest absolute Gasteiger partial charge is 0.264 e. The van der Waals surface area contributed by atoms with Gasteiger partial charge in [0.05, 0.1) is 17.8 Å². The quantitative estimate of drug-likeness (QED) is 0.543. The van der Waals surface area contributed by atoms with E-state index in [1.165, 1.54) is 11.3 Å². The number of nitrogens with zero attached hydrogens (tertiary/aromatic N) is 1. The number of aromatic nitrogens is 1. The van der Waals surface area contributed by atoms with E-state index < -0.39 is 0 Å². The summed E-state index contributed by atoms with van der Waals surface area (Å²) < 4.78 is 10.9. The van der Waals surface area contributed by atoms with Crippen molar-refractivity contribution >= 4 is 34.0 Å². The molecule has 3 aromatic rings. The summed E-state index contributed by atoms with van der Waals surface area (Å²) in [6.45, 7) is 4.10. The van der Waals surface area contributed by atoms with Gasteiger partial charge in [-0.25, -0.2) is 4.98 Å². The Hall–Kier alpha value is -2.57. The van der Waals surface area contributed by atoms with Crippen LogP contribution >= 0.6 is 22.9 Å². The van der Waals surface area contributed by atoms with Crippen LogP contribution in [0, 0.1) is 0 Å². The van der Waals surface area contributed by atoms with Crippen LogP contribution < -0.4 is 14.8 Å². The number of para-hydroxylation sites is 1.